The predicted octanol–water partition coefficient (Wildman–Crippen LogP) is 4.43. The number of rotatable bonds is 10. The third-order valence-corrected chi connectivity index (χ3v) is 9.52. The van der Waals surface area contributed by atoms with Gasteiger partial charge in [-0.15, -0.1) is 11.3 Å². The van der Waals surface area contributed by atoms with Crippen LogP contribution < -0.4 is 10.2 Å². The average molecular weight is 677 g/mol. The Hall–Kier alpha value is -4.43. The number of aryl methyl sites for hydroxylation is 1. The standard InChI is InChI=1S/C33H34ClFN8O3S/c1-20-37-15-27(38-20)21-4-7-23(8-5-21)43(19-44)17-24-16-42(12-11-41(24)2)18-28-29(33(45)46-3)30(25-9-6-22(35)14-26(25)34)40-31(39-28)32-36-10-13-47-32/h4-10,13-15,19,24,30H,11-12,16-18H2,1-3H3,(H,37,38)(H,39,40)/t24?,30-/m0/s1. The zero-order valence-corrected chi connectivity index (χ0v) is 27.7. The molecule has 11 nitrogen and oxygen atoms in total. The van der Waals surface area contributed by atoms with Crippen LogP contribution in [-0.4, -0.2) is 95.9 Å². The molecule has 0 saturated carbocycles. The lowest BCUT2D eigenvalue weighted by molar-refractivity contribution is -0.136. The van der Waals surface area contributed by atoms with Gasteiger partial charge in [0.1, 0.15) is 17.7 Å². The first-order chi connectivity index (χ1) is 22.7. The molecule has 1 fully saturated rings. The number of ether oxygens (including phenoxy) is 1. The average Bonchev–Trinajstić information content (AvgIpc) is 3.77. The molecule has 2 N–H and O–H groups in total. The van der Waals surface area contributed by atoms with Crippen LogP contribution in [0.15, 0.2) is 76.5 Å². The minimum absolute atomic E-state index is 0.00379. The molecule has 4 aromatic rings. The number of benzene rings is 2. The van der Waals surface area contributed by atoms with Crippen molar-refractivity contribution in [3.8, 4) is 11.3 Å². The Morgan fingerprint density at radius 1 is 1.21 bits per heavy atom. The van der Waals surface area contributed by atoms with Crippen molar-refractivity contribution in [1.29, 1.82) is 0 Å². The molecule has 1 amide bonds. The Labute approximate surface area is 280 Å². The van der Waals surface area contributed by atoms with E-state index in [-0.39, 0.29) is 11.1 Å². The van der Waals surface area contributed by atoms with Crippen molar-refractivity contribution in [2.75, 3.05) is 51.8 Å². The highest BCUT2D eigenvalue weighted by Gasteiger charge is 2.35. The molecule has 0 bridgehead atoms. The van der Waals surface area contributed by atoms with Gasteiger partial charge in [0.15, 0.2) is 10.8 Å². The van der Waals surface area contributed by atoms with Crippen molar-refractivity contribution < 1.29 is 18.7 Å². The van der Waals surface area contributed by atoms with Crippen molar-refractivity contribution in [1.82, 2.24) is 30.1 Å². The lowest BCUT2D eigenvalue weighted by Crippen LogP contribution is -2.56. The summed E-state index contributed by atoms with van der Waals surface area (Å²) in [5.41, 5.74) is 4.06. The summed E-state index contributed by atoms with van der Waals surface area (Å²) in [5, 5.41) is 5.99. The summed E-state index contributed by atoms with van der Waals surface area (Å²) < 4.78 is 19.2. The number of aliphatic imine (C=N–C) groups is 1. The van der Waals surface area contributed by atoms with Crippen molar-refractivity contribution in [2.24, 2.45) is 4.99 Å². The number of carbonyl (C=O) groups excluding carboxylic acids is 2. The van der Waals surface area contributed by atoms with Gasteiger partial charge < -0.3 is 19.9 Å². The Balaban J connectivity index is 1.25. The van der Waals surface area contributed by atoms with Gasteiger partial charge in [0, 0.05) is 72.3 Å². The van der Waals surface area contributed by atoms with E-state index in [9.17, 15) is 14.0 Å². The number of anilines is 1. The van der Waals surface area contributed by atoms with E-state index in [0.29, 0.717) is 47.3 Å². The number of aromatic amines is 1. The number of esters is 1. The number of imidazole rings is 1. The molecule has 2 aliphatic heterocycles. The van der Waals surface area contributed by atoms with Gasteiger partial charge in [0.2, 0.25) is 6.41 Å². The second-order valence-corrected chi connectivity index (χ2v) is 12.8. The molecule has 244 valence electrons. The molecule has 4 heterocycles. The highest BCUT2D eigenvalue weighted by Crippen LogP contribution is 2.37. The van der Waals surface area contributed by atoms with E-state index in [1.54, 1.807) is 23.4 Å². The van der Waals surface area contributed by atoms with Gasteiger partial charge in [-0.2, -0.15) is 0 Å². The molecule has 6 rings (SSSR count). The number of nitrogens with one attached hydrogen (secondary N) is 2. The van der Waals surface area contributed by atoms with Gasteiger partial charge in [-0.25, -0.2) is 19.2 Å². The predicted molar refractivity (Wildman–Crippen MR) is 180 cm³/mol. The van der Waals surface area contributed by atoms with Gasteiger partial charge >= 0.3 is 5.97 Å². The summed E-state index contributed by atoms with van der Waals surface area (Å²) in [7, 11) is 3.37. The summed E-state index contributed by atoms with van der Waals surface area (Å²) in [4.78, 5) is 48.6. The number of thiazole rings is 1. The maximum Gasteiger partial charge on any atom is 0.338 e. The van der Waals surface area contributed by atoms with E-state index in [1.807, 2.05) is 43.6 Å². The number of amidine groups is 1. The van der Waals surface area contributed by atoms with E-state index >= 15 is 0 Å². The first-order valence-corrected chi connectivity index (χ1v) is 16.3. The first-order valence-electron chi connectivity index (χ1n) is 15.0. The van der Waals surface area contributed by atoms with Gasteiger partial charge in [-0.05, 0) is 43.8 Å². The fourth-order valence-corrected chi connectivity index (χ4v) is 6.74. The maximum absolute atomic E-state index is 14.0. The Bertz CT molecular complexity index is 1810. The largest absolute Gasteiger partial charge is 0.466 e. The van der Waals surface area contributed by atoms with Crippen LogP contribution in [0.4, 0.5) is 10.1 Å². The molecule has 2 atom stereocenters. The molecule has 2 aromatic heterocycles. The van der Waals surface area contributed by atoms with Crippen LogP contribution in [0.2, 0.25) is 5.02 Å². The third kappa shape index (κ3) is 7.13. The lowest BCUT2D eigenvalue weighted by atomic mass is 9.95. The number of aromatic nitrogens is 3. The van der Waals surface area contributed by atoms with Crippen LogP contribution in [0.25, 0.3) is 11.3 Å². The number of hydrogen-bond acceptors (Lipinski definition) is 10. The van der Waals surface area contributed by atoms with Crippen LogP contribution >= 0.6 is 22.9 Å². The molecule has 2 aromatic carbocycles. The smallest absolute Gasteiger partial charge is 0.338 e. The van der Waals surface area contributed by atoms with Gasteiger partial charge in [-0.1, -0.05) is 29.8 Å². The van der Waals surface area contributed by atoms with Gasteiger partial charge in [-0.3, -0.25) is 19.6 Å². The summed E-state index contributed by atoms with van der Waals surface area (Å²) >= 11 is 7.91. The fraction of sp³-hybridized carbons (Fsp3) is 0.303. The van der Waals surface area contributed by atoms with E-state index in [0.717, 1.165) is 42.3 Å². The number of hydrogen-bond donors (Lipinski definition) is 2. The molecular weight excluding hydrogens is 643 g/mol. The number of likely N-dealkylation sites (N-methyl/N-ethyl adjacent to an activating group) is 1. The first kappa shape index (κ1) is 32.5. The zero-order valence-electron chi connectivity index (χ0n) is 26.1. The van der Waals surface area contributed by atoms with E-state index in [4.69, 9.17) is 21.3 Å². The van der Waals surface area contributed by atoms with Crippen LogP contribution in [0, 0.1) is 12.7 Å². The van der Waals surface area contributed by atoms with E-state index < -0.39 is 17.8 Å². The number of nitrogens with zero attached hydrogens (tertiary/aromatic N) is 6. The Morgan fingerprint density at radius 3 is 2.68 bits per heavy atom. The van der Waals surface area contributed by atoms with Gasteiger partial charge in [0.05, 0.1) is 24.6 Å². The van der Waals surface area contributed by atoms with Crippen LogP contribution in [-0.2, 0) is 14.3 Å². The molecule has 0 spiro atoms. The van der Waals surface area contributed by atoms with Crippen molar-refractivity contribution in [3.63, 3.8) is 0 Å². The van der Waals surface area contributed by atoms with Crippen LogP contribution in [0.3, 0.4) is 0 Å². The van der Waals surface area contributed by atoms with Crippen molar-refractivity contribution in [2.45, 2.75) is 19.0 Å². The lowest BCUT2D eigenvalue weighted by Gasteiger charge is -2.41. The highest BCUT2D eigenvalue weighted by molar-refractivity contribution is 7.11. The number of H-pyrrole nitrogens is 1. The zero-order chi connectivity index (χ0) is 33.1. The second-order valence-electron chi connectivity index (χ2n) is 11.4. The normalized spacial score (nSPS) is 18.9. The minimum atomic E-state index is -0.840. The monoisotopic (exact) mass is 676 g/mol. The fourth-order valence-electron chi connectivity index (χ4n) is 5.88. The molecule has 14 heteroatoms. The highest BCUT2D eigenvalue weighted by atomic mass is 35.5. The van der Waals surface area contributed by atoms with Crippen molar-refractivity contribution in [3.05, 3.63) is 98.7 Å². The molecule has 0 radical (unpaired) electrons. The van der Waals surface area contributed by atoms with E-state index in [2.05, 4.69) is 30.1 Å². The van der Waals surface area contributed by atoms with Gasteiger partial charge in [0.25, 0.3) is 0 Å². The molecule has 1 saturated heterocycles. The molecule has 47 heavy (non-hydrogen) atoms. The summed E-state index contributed by atoms with van der Waals surface area (Å²) in [6, 6.07) is 11.0. The summed E-state index contributed by atoms with van der Waals surface area (Å²) in [5.74, 6) is 0.270. The second kappa shape index (κ2) is 14.1. The third-order valence-electron chi connectivity index (χ3n) is 8.41. The van der Waals surface area contributed by atoms with Crippen LogP contribution in [0.1, 0.15) is 22.4 Å². The number of halogens is 2. The van der Waals surface area contributed by atoms with Crippen LogP contribution in [0.5, 0.6) is 0 Å². The SMILES string of the molecule is COC(=O)C1=C(CN2CCN(C)C(CN(C=O)c3ccc(-c4cnc(C)[nH]4)cc3)C2)NC(c2nccs2)=N[C@H]1c1ccc(F)cc1Cl. The van der Waals surface area contributed by atoms with Crippen molar-refractivity contribution >= 4 is 46.8 Å². The number of amides is 1. The molecule has 0 aliphatic carbocycles. The summed E-state index contributed by atoms with van der Waals surface area (Å²) in [6.45, 7) is 4.83. The molecule has 2 aliphatic rings. The molecular formula is C33H34ClFN8O3S. The Kier molecular flexibility index (Phi) is 9.78. The summed E-state index contributed by atoms with van der Waals surface area (Å²) in [6.07, 6.45) is 4.33. The maximum atomic E-state index is 14.0. The minimum Gasteiger partial charge on any atom is -0.466 e. The molecule has 1 unspecified atom stereocenters. The van der Waals surface area contributed by atoms with E-state index in [1.165, 1.54) is 30.6 Å². The number of methoxy groups -OCH3 is 1. The number of piperazine rings is 1. The number of carbonyl (C=O) groups is 2. The Morgan fingerprint density at radius 2 is 2.02 bits per heavy atom. The quantitative estimate of drug-likeness (QED) is 0.187. The topological polar surface area (TPSA) is 119 Å².